The maximum absolute atomic E-state index is 12.9. The average Bonchev–Trinajstić information content (AvgIpc) is 3.01. The second-order valence-corrected chi connectivity index (χ2v) is 6.55. The molecule has 3 rings (SSSR count). The Hall–Kier alpha value is -1.94. The molecule has 2 heterocycles. The molecule has 1 aliphatic rings. The topological polar surface area (TPSA) is 21.1 Å². The van der Waals surface area contributed by atoms with Crippen molar-refractivity contribution in [3.8, 4) is 0 Å². The highest BCUT2D eigenvalue weighted by molar-refractivity contribution is 5.48. The van der Waals surface area contributed by atoms with E-state index in [1.807, 2.05) is 18.3 Å². The van der Waals surface area contributed by atoms with Crippen LogP contribution in [0.5, 0.6) is 0 Å². The lowest BCUT2D eigenvalue weighted by Gasteiger charge is -2.35. The SMILES string of the molecule is Cc1nccn1CC[C@@H]1CCCCN1C/C=C/c1ccc(F)cc1. The molecule has 0 saturated carbocycles. The van der Waals surface area contributed by atoms with E-state index in [0.29, 0.717) is 6.04 Å². The van der Waals surface area contributed by atoms with Gasteiger partial charge in [-0.3, -0.25) is 4.90 Å². The average molecular weight is 327 g/mol. The van der Waals surface area contributed by atoms with Crippen molar-refractivity contribution in [3.63, 3.8) is 0 Å². The van der Waals surface area contributed by atoms with E-state index in [1.54, 1.807) is 0 Å². The van der Waals surface area contributed by atoms with Gasteiger partial charge in [-0.2, -0.15) is 0 Å². The molecule has 0 N–H and O–H groups in total. The van der Waals surface area contributed by atoms with E-state index < -0.39 is 0 Å². The Morgan fingerprint density at radius 1 is 1.25 bits per heavy atom. The molecule has 1 atom stereocenters. The molecule has 1 fully saturated rings. The summed E-state index contributed by atoms with van der Waals surface area (Å²) in [7, 11) is 0. The third-order valence-corrected chi connectivity index (χ3v) is 4.90. The van der Waals surface area contributed by atoms with Crippen molar-refractivity contribution in [2.24, 2.45) is 0 Å². The van der Waals surface area contributed by atoms with Crippen LogP contribution >= 0.6 is 0 Å². The molecule has 2 aromatic rings. The van der Waals surface area contributed by atoms with E-state index in [0.717, 1.165) is 24.5 Å². The van der Waals surface area contributed by atoms with Gasteiger partial charge in [-0.15, -0.1) is 0 Å². The zero-order valence-corrected chi connectivity index (χ0v) is 14.4. The van der Waals surface area contributed by atoms with Crippen LogP contribution in [0.3, 0.4) is 0 Å². The molecule has 3 nitrogen and oxygen atoms in total. The molecule has 0 unspecified atom stereocenters. The second kappa shape index (κ2) is 8.25. The van der Waals surface area contributed by atoms with Crippen LogP contribution < -0.4 is 0 Å². The first-order valence-corrected chi connectivity index (χ1v) is 8.86. The molecule has 1 saturated heterocycles. The molecule has 0 radical (unpaired) electrons. The van der Waals surface area contributed by atoms with E-state index in [1.165, 1.54) is 44.4 Å². The van der Waals surface area contributed by atoms with Crippen molar-refractivity contribution in [2.75, 3.05) is 13.1 Å². The van der Waals surface area contributed by atoms with Crippen LogP contribution in [-0.2, 0) is 6.54 Å². The van der Waals surface area contributed by atoms with Crippen molar-refractivity contribution < 1.29 is 4.39 Å². The summed E-state index contributed by atoms with van der Waals surface area (Å²) in [6.45, 7) is 5.23. The summed E-state index contributed by atoms with van der Waals surface area (Å²) >= 11 is 0. The quantitative estimate of drug-likeness (QED) is 0.789. The molecule has 4 heteroatoms. The number of benzene rings is 1. The van der Waals surface area contributed by atoms with Crippen LogP contribution in [0.4, 0.5) is 4.39 Å². The fraction of sp³-hybridized carbons (Fsp3) is 0.450. The lowest BCUT2D eigenvalue weighted by molar-refractivity contribution is 0.152. The second-order valence-electron chi connectivity index (χ2n) is 6.55. The van der Waals surface area contributed by atoms with Gasteiger partial charge in [0.25, 0.3) is 0 Å². The van der Waals surface area contributed by atoms with Gasteiger partial charge in [0.05, 0.1) is 0 Å². The van der Waals surface area contributed by atoms with Crippen molar-refractivity contribution in [2.45, 2.75) is 45.2 Å². The van der Waals surface area contributed by atoms with Gasteiger partial charge in [0.1, 0.15) is 11.6 Å². The summed E-state index contributed by atoms with van der Waals surface area (Å²) in [5.74, 6) is 0.909. The lowest BCUT2D eigenvalue weighted by Crippen LogP contribution is -2.40. The first-order chi connectivity index (χ1) is 11.7. The number of hydrogen-bond donors (Lipinski definition) is 0. The Morgan fingerprint density at radius 3 is 2.83 bits per heavy atom. The highest BCUT2D eigenvalue weighted by Crippen LogP contribution is 2.20. The Bertz CT molecular complexity index is 660. The largest absolute Gasteiger partial charge is 0.335 e. The summed E-state index contributed by atoms with van der Waals surface area (Å²) in [5, 5.41) is 0. The summed E-state index contributed by atoms with van der Waals surface area (Å²) in [4.78, 5) is 6.88. The van der Waals surface area contributed by atoms with Gasteiger partial charge in [0.2, 0.25) is 0 Å². The van der Waals surface area contributed by atoms with Gasteiger partial charge < -0.3 is 4.57 Å². The number of likely N-dealkylation sites (tertiary alicyclic amines) is 1. The van der Waals surface area contributed by atoms with Gasteiger partial charge in [-0.1, -0.05) is 30.7 Å². The van der Waals surface area contributed by atoms with Crippen molar-refractivity contribution in [1.29, 1.82) is 0 Å². The van der Waals surface area contributed by atoms with Crippen LogP contribution in [0.2, 0.25) is 0 Å². The van der Waals surface area contributed by atoms with Crippen molar-refractivity contribution in [1.82, 2.24) is 14.5 Å². The molecule has 1 aromatic carbocycles. The maximum Gasteiger partial charge on any atom is 0.123 e. The van der Waals surface area contributed by atoms with E-state index in [-0.39, 0.29) is 5.82 Å². The van der Waals surface area contributed by atoms with Crippen molar-refractivity contribution in [3.05, 3.63) is 59.9 Å². The number of imidazole rings is 1. The monoisotopic (exact) mass is 327 g/mol. The fourth-order valence-electron chi connectivity index (χ4n) is 3.45. The Morgan fingerprint density at radius 2 is 2.08 bits per heavy atom. The van der Waals surface area contributed by atoms with Crippen LogP contribution in [0.15, 0.2) is 42.7 Å². The smallest absolute Gasteiger partial charge is 0.123 e. The molecular weight excluding hydrogens is 301 g/mol. The molecule has 128 valence electrons. The third-order valence-electron chi connectivity index (χ3n) is 4.90. The number of nitrogens with zero attached hydrogens (tertiary/aromatic N) is 3. The first-order valence-electron chi connectivity index (χ1n) is 8.86. The highest BCUT2D eigenvalue weighted by Gasteiger charge is 2.21. The zero-order chi connectivity index (χ0) is 16.8. The minimum atomic E-state index is -0.182. The summed E-state index contributed by atoms with van der Waals surface area (Å²) < 4.78 is 15.2. The summed E-state index contributed by atoms with van der Waals surface area (Å²) in [6.07, 6.45) is 13.3. The number of aromatic nitrogens is 2. The van der Waals surface area contributed by atoms with Gasteiger partial charge in [-0.05, 0) is 50.4 Å². The molecule has 1 aromatic heterocycles. The van der Waals surface area contributed by atoms with E-state index in [9.17, 15) is 4.39 Å². The maximum atomic E-state index is 12.9. The van der Waals surface area contributed by atoms with E-state index in [2.05, 4.69) is 39.7 Å². The summed E-state index contributed by atoms with van der Waals surface area (Å²) in [6, 6.07) is 7.30. The number of aryl methyl sites for hydroxylation is 2. The fourth-order valence-corrected chi connectivity index (χ4v) is 3.45. The first kappa shape index (κ1) is 16.9. The van der Waals surface area contributed by atoms with E-state index >= 15 is 0 Å². The third kappa shape index (κ3) is 4.54. The standard InChI is InChI=1S/C20H26FN3/c1-17-22-12-16-23(17)15-11-20-6-2-3-13-24(20)14-4-5-18-7-9-19(21)10-8-18/h4-5,7-10,12,16,20H,2-3,6,11,13-15H2,1H3/b5-4+/t20-/m0/s1. The minimum Gasteiger partial charge on any atom is -0.335 e. The summed E-state index contributed by atoms with van der Waals surface area (Å²) in [5.41, 5.74) is 1.05. The van der Waals surface area contributed by atoms with Crippen molar-refractivity contribution >= 4 is 6.08 Å². The zero-order valence-electron chi connectivity index (χ0n) is 14.4. The molecule has 0 amide bonds. The molecule has 1 aliphatic heterocycles. The Kier molecular flexibility index (Phi) is 5.81. The van der Waals surface area contributed by atoms with Crippen LogP contribution in [0.1, 0.15) is 37.1 Å². The molecule has 24 heavy (non-hydrogen) atoms. The molecular formula is C20H26FN3. The van der Waals surface area contributed by atoms with Gasteiger partial charge in [0, 0.05) is 31.5 Å². The number of piperidine rings is 1. The van der Waals surface area contributed by atoms with Crippen LogP contribution in [0.25, 0.3) is 6.08 Å². The van der Waals surface area contributed by atoms with Crippen LogP contribution in [0, 0.1) is 12.7 Å². The van der Waals surface area contributed by atoms with E-state index in [4.69, 9.17) is 0 Å². The Labute approximate surface area is 143 Å². The van der Waals surface area contributed by atoms with Gasteiger partial charge >= 0.3 is 0 Å². The number of hydrogen-bond acceptors (Lipinski definition) is 2. The number of halogens is 1. The Balaban J connectivity index is 1.54. The predicted octanol–water partition coefficient (Wildman–Crippen LogP) is 4.29. The van der Waals surface area contributed by atoms with Gasteiger partial charge in [0.15, 0.2) is 0 Å². The number of rotatable bonds is 6. The lowest BCUT2D eigenvalue weighted by atomic mass is 9.99. The molecule has 0 aliphatic carbocycles. The molecule has 0 spiro atoms. The predicted molar refractivity (Wildman–Crippen MR) is 96.2 cm³/mol. The van der Waals surface area contributed by atoms with Crippen LogP contribution in [-0.4, -0.2) is 33.6 Å². The molecule has 0 bridgehead atoms. The highest BCUT2D eigenvalue weighted by atomic mass is 19.1. The van der Waals surface area contributed by atoms with Gasteiger partial charge in [-0.25, -0.2) is 9.37 Å². The normalized spacial score (nSPS) is 19.2. The minimum absolute atomic E-state index is 0.182.